The van der Waals surface area contributed by atoms with Gasteiger partial charge in [0, 0.05) is 21.6 Å². The van der Waals surface area contributed by atoms with Gasteiger partial charge in [0.15, 0.2) is 0 Å². The molecule has 0 fully saturated rings. The van der Waals surface area contributed by atoms with E-state index in [1.165, 1.54) is 19.2 Å². The molecule has 0 spiro atoms. The first-order chi connectivity index (χ1) is 16.8. The van der Waals surface area contributed by atoms with Crippen molar-refractivity contribution in [3.63, 3.8) is 0 Å². The van der Waals surface area contributed by atoms with Crippen LogP contribution in [0.4, 0.5) is 10.1 Å². The summed E-state index contributed by atoms with van der Waals surface area (Å²) >= 11 is 6.97. The number of ether oxygens (including phenoxy) is 2. The van der Waals surface area contributed by atoms with Gasteiger partial charge in [0.1, 0.15) is 5.69 Å². The molecule has 10 heteroatoms. The number of rotatable bonds is 8. The van der Waals surface area contributed by atoms with Crippen molar-refractivity contribution in [2.75, 3.05) is 18.6 Å². The van der Waals surface area contributed by atoms with E-state index in [1.807, 2.05) is 6.92 Å². The number of amides is 2. The van der Waals surface area contributed by atoms with Crippen LogP contribution in [0.5, 0.6) is 0 Å². The summed E-state index contributed by atoms with van der Waals surface area (Å²) in [5.74, 6) is -2.92. The van der Waals surface area contributed by atoms with Crippen LogP contribution >= 0.6 is 22.9 Å². The Morgan fingerprint density at radius 1 is 1.06 bits per heavy atom. The van der Waals surface area contributed by atoms with Crippen molar-refractivity contribution in [1.29, 1.82) is 0 Å². The van der Waals surface area contributed by atoms with E-state index in [1.54, 1.807) is 18.2 Å². The van der Waals surface area contributed by atoms with E-state index in [0.29, 0.717) is 41.9 Å². The highest BCUT2D eigenvalue weighted by molar-refractivity contribution is 7.11. The molecule has 7 nitrogen and oxygen atoms in total. The summed E-state index contributed by atoms with van der Waals surface area (Å²) in [6.45, 7) is 2.04. The Labute approximate surface area is 211 Å². The highest BCUT2D eigenvalue weighted by atomic mass is 35.5. The number of benzene rings is 1. The van der Waals surface area contributed by atoms with Gasteiger partial charge in [0.05, 0.1) is 25.2 Å². The molecule has 2 aromatic rings. The van der Waals surface area contributed by atoms with Crippen molar-refractivity contribution in [2.24, 2.45) is 0 Å². The Balaban J connectivity index is 2.14. The number of methoxy groups -OCH3 is 1. The van der Waals surface area contributed by atoms with E-state index in [9.17, 15) is 19.2 Å². The number of halogens is 2. The number of carbonyl (C=O) groups is 4. The fourth-order valence-corrected chi connectivity index (χ4v) is 5.00. The highest BCUT2D eigenvalue weighted by Crippen LogP contribution is 2.41. The molecule has 0 atom stereocenters. The number of esters is 2. The van der Waals surface area contributed by atoms with Crippen molar-refractivity contribution in [3.8, 4) is 0 Å². The zero-order valence-corrected chi connectivity index (χ0v) is 21.0. The molecule has 0 N–H and O–H groups in total. The normalized spacial score (nSPS) is 13.4. The van der Waals surface area contributed by atoms with Gasteiger partial charge in [-0.3, -0.25) is 14.4 Å². The van der Waals surface area contributed by atoms with Gasteiger partial charge in [-0.05, 0) is 44.2 Å². The Kier molecular flexibility index (Phi) is 9.17. The van der Waals surface area contributed by atoms with Crippen LogP contribution < -0.4 is 4.90 Å². The average Bonchev–Trinajstić information content (AvgIpc) is 3.15. The molecule has 1 aromatic heterocycles. The summed E-state index contributed by atoms with van der Waals surface area (Å²) in [7, 11) is 1.19. The van der Waals surface area contributed by atoms with Gasteiger partial charge in [-0.2, -0.15) is 4.39 Å². The third-order valence-electron chi connectivity index (χ3n) is 5.44. The Morgan fingerprint density at radius 2 is 1.71 bits per heavy atom. The van der Waals surface area contributed by atoms with Gasteiger partial charge < -0.3 is 9.47 Å². The Bertz CT molecular complexity index is 1160. The van der Waals surface area contributed by atoms with E-state index < -0.39 is 34.6 Å². The predicted octanol–water partition coefficient (Wildman–Crippen LogP) is 5.25. The molecule has 35 heavy (non-hydrogen) atoms. The quantitative estimate of drug-likeness (QED) is 0.348. The van der Waals surface area contributed by atoms with Crippen molar-refractivity contribution in [1.82, 2.24) is 0 Å². The molecular weight excluding hydrogens is 497 g/mol. The molecule has 0 radical (unpaired) electrons. The topological polar surface area (TPSA) is 90.0 Å². The number of nitrogens with zero attached hydrogens (tertiary/aromatic N) is 1. The minimum Gasteiger partial charge on any atom is -0.469 e. The minimum absolute atomic E-state index is 0.0952. The van der Waals surface area contributed by atoms with Crippen molar-refractivity contribution >= 4 is 52.4 Å². The smallest absolute Gasteiger partial charge is 0.334 e. The lowest BCUT2D eigenvalue weighted by Gasteiger charge is -2.25. The lowest BCUT2D eigenvalue weighted by Crippen LogP contribution is -2.40. The first-order valence-electron chi connectivity index (χ1n) is 11.2. The van der Waals surface area contributed by atoms with Gasteiger partial charge in [0.25, 0.3) is 11.8 Å². The summed E-state index contributed by atoms with van der Waals surface area (Å²) in [6.07, 6.45) is 2.12. The summed E-state index contributed by atoms with van der Waals surface area (Å²) in [5.41, 5.74) is -0.0442. The van der Waals surface area contributed by atoms with E-state index in [4.69, 9.17) is 16.3 Å². The van der Waals surface area contributed by atoms with Crippen LogP contribution in [-0.2, 0) is 30.3 Å². The fourth-order valence-electron chi connectivity index (χ4n) is 3.71. The zero-order valence-electron chi connectivity index (χ0n) is 19.4. The average molecular weight is 522 g/mol. The fraction of sp³-hybridized carbons (Fsp3) is 0.360. The Morgan fingerprint density at radius 3 is 2.34 bits per heavy atom. The molecule has 2 amide bonds. The number of carbonyl (C=O) groups excluding carboxylic acids is 4. The van der Waals surface area contributed by atoms with Crippen LogP contribution in [0, 0.1) is 5.13 Å². The molecule has 1 aromatic carbocycles. The number of imide groups is 1. The van der Waals surface area contributed by atoms with Gasteiger partial charge in [0.2, 0.25) is 5.13 Å². The van der Waals surface area contributed by atoms with Crippen molar-refractivity contribution < 1.29 is 33.0 Å². The maximum absolute atomic E-state index is 15.2. The number of hydrogen-bond acceptors (Lipinski definition) is 7. The van der Waals surface area contributed by atoms with Crippen LogP contribution in [0.1, 0.15) is 54.3 Å². The summed E-state index contributed by atoms with van der Waals surface area (Å²) < 4.78 is 25.1. The number of hydrogen-bond donors (Lipinski definition) is 0. The van der Waals surface area contributed by atoms with Gasteiger partial charge in [-0.1, -0.05) is 36.7 Å². The van der Waals surface area contributed by atoms with Gasteiger partial charge >= 0.3 is 11.9 Å². The second-order valence-electron chi connectivity index (χ2n) is 7.83. The van der Waals surface area contributed by atoms with Gasteiger partial charge in [-0.15, -0.1) is 11.3 Å². The highest BCUT2D eigenvalue weighted by Gasteiger charge is 2.37. The molecule has 3 rings (SSSR count). The summed E-state index contributed by atoms with van der Waals surface area (Å²) in [5, 5.41) is -1.14. The number of anilines is 1. The first-order valence-corrected chi connectivity index (χ1v) is 12.4. The monoisotopic (exact) mass is 521 g/mol. The van der Waals surface area contributed by atoms with Crippen LogP contribution in [0.3, 0.4) is 0 Å². The second kappa shape index (κ2) is 12.1. The third kappa shape index (κ3) is 5.97. The molecule has 0 saturated heterocycles. The van der Waals surface area contributed by atoms with Crippen LogP contribution in [-0.4, -0.2) is 37.5 Å². The molecule has 186 valence electrons. The van der Waals surface area contributed by atoms with E-state index >= 15 is 4.39 Å². The molecule has 1 aliphatic carbocycles. The zero-order chi connectivity index (χ0) is 25.5. The van der Waals surface area contributed by atoms with Crippen LogP contribution in [0.2, 0.25) is 5.02 Å². The second-order valence-corrected chi connectivity index (χ2v) is 9.26. The minimum atomic E-state index is -0.905. The lowest BCUT2D eigenvalue weighted by molar-refractivity contribution is -0.140. The molecule has 0 saturated carbocycles. The molecule has 0 bridgehead atoms. The SMILES string of the molecule is CCCOC(=O)C1=C(C(=O)N(C(=O)c2ccccc2)c2c(F)sc(CC(=O)OC)c2Cl)CCCC1. The van der Waals surface area contributed by atoms with E-state index in [2.05, 4.69) is 4.74 Å². The molecule has 0 unspecified atom stereocenters. The molecule has 1 aliphatic rings. The van der Waals surface area contributed by atoms with Crippen molar-refractivity contribution in [2.45, 2.75) is 45.4 Å². The third-order valence-corrected chi connectivity index (χ3v) is 6.93. The largest absolute Gasteiger partial charge is 0.469 e. The standard InChI is InChI=1S/C25H25ClFNO6S/c1-3-13-34-25(32)17-12-8-7-11-16(17)24(31)28(23(30)15-9-5-4-6-10-15)21-20(26)18(35-22(21)27)14-19(29)33-2/h4-6,9-10H,3,7-8,11-14H2,1-2H3. The predicted molar refractivity (Wildman–Crippen MR) is 130 cm³/mol. The van der Waals surface area contributed by atoms with Crippen LogP contribution in [0.15, 0.2) is 41.5 Å². The van der Waals surface area contributed by atoms with Crippen molar-refractivity contribution in [3.05, 3.63) is 62.1 Å². The molecule has 0 aliphatic heterocycles. The number of thiophene rings is 1. The van der Waals surface area contributed by atoms with E-state index in [-0.39, 0.29) is 46.1 Å². The van der Waals surface area contributed by atoms with Gasteiger partial charge in [-0.25, -0.2) is 9.69 Å². The van der Waals surface area contributed by atoms with E-state index in [0.717, 1.165) is 0 Å². The maximum atomic E-state index is 15.2. The first kappa shape index (κ1) is 26.6. The van der Waals surface area contributed by atoms with Crippen LogP contribution in [0.25, 0.3) is 0 Å². The molecule has 1 heterocycles. The lowest BCUT2D eigenvalue weighted by atomic mass is 9.90. The Hall–Kier alpha value is -3.04. The maximum Gasteiger partial charge on any atom is 0.334 e. The summed E-state index contributed by atoms with van der Waals surface area (Å²) in [4.78, 5) is 52.6. The summed E-state index contributed by atoms with van der Waals surface area (Å²) in [6, 6.07) is 7.89. The molecular formula is C25H25ClFNO6S.